The lowest BCUT2D eigenvalue weighted by Gasteiger charge is -2.15. The lowest BCUT2D eigenvalue weighted by atomic mass is 10.3. The van der Waals surface area contributed by atoms with Gasteiger partial charge in [-0.2, -0.15) is 0 Å². The summed E-state index contributed by atoms with van der Waals surface area (Å²) in [5.41, 5.74) is 0. The van der Waals surface area contributed by atoms with E-state index in [1.54, 1.807) is 25.5 Å². The zero-order valence-corrected chi connectivity index (χ0v) is 10.3. The highest BCUT2D eigenvalue weighted by Gasteiger charge is 2.29. The fourth-order valence-corrected chi connectivity index (χ4v) is 2.30. The third kappa shape index (κ3) is 2.62. The van der Waals surface area contributed by atoms with Gasteiger partial charge in [0, 0.05) is 25.2 Å². The summed E-state index contributed by atoms with van der Waals surface area (Å²) in [6.07, 6.45) is 3.31. The van der Waals surface area contributed by atoms with Crippen LogP contribution in [0.1, 0.15) is 5.82 Å². The van der Waals surface area contributed by atoms with Crippen molar-refractivity contribution in [3.8, 4) is 0 Å². The van der Waals surface area contributed by atoms with Gasteiger partial charge >= 0.3 is 0 Å². The molecule has 1 aliphatic rings. The zero-order chi connectivity index (χ0) is 12.3. The molecule has 1 atom stereocenters. The third-order valence-corrected chi connectivity index (χ3v) is 3.32. The standard InChI is InChI=1S/C10H12N4O2S/c1-14(16-2)10(15)7-6-17-9(13-7)8-11-4-3-5-12-8/h3-5,7H,6H2,1-2H3/t7-/m0/s1. The number of hydrogen-bond acceptors (Lipinski definition) is 6. The topological polar surface area (TPSA) is 67.7 Å². The first-order valence-electron chi connectivity index (χ1n) is 5.02. The second kappa shape index (κ2) is 5.24. The Balaban J connectivity index is 2.12. The van der Waals surface area contributed by atoms with E-state index >= 15 is 0 Å². The van der Waals surface area contributed by atoms with Gasteiger partial charge in [-0.1, -0.05) is 0 Å². The van der Waals surface area contributed by atoms with E-state index in [0.717, 1.165) is 0 Å². The van der Waals surface area contributed by atoms with Crippen molar-refractivity contribution in [2.75, 3.05) is 19.9 Å². The fraction of sp³-hybridized carbons (Fsp3) is 0.400. The Labute approximate surface area is 103 Å². The number of rotatable bonds is 3. The summed E-state index contributed by atoms with van der Waals surface area (Å²) in [5.74, 6) is 0.999. The number of aliphatic imine (C=N–C) groups is 1. The molecule has 90 valence electrons. The molecule has 0 aliphatic carbocycles. The highest BCUT2D eigenvalue weighted by Crippen LogP contribution is 2.22. The van der Waals surface area contributed by atoms with Crippen LogP contribution in [0.25, 0.3) is 0 Å². The number of thioether (sulfide) groups is 1. The highest BCUT2D eigenvalue weighted by atomic mass is 32.2. The van der Waals surface area contributed by atoms with Gasteiger partial charge in [0.25, 0.3) is 5.91 Å². The summed E-state index contributed by atoms with van der Waals surface area (Å²) >= 11 is 1.48. The van der Waals surface area contributed by atoms with Crippen LogP contribution in [-0.4, -0.2) is 51.9 Å². The molecular weight excluding hydrogens is 240 g/mol. The Morgan fingerprint density at radius 2 is 2.24 bits per heavy atom. The number of amides is 1. The minimum Gasteiger partial charge on any atom is -0.274 e. The Hall–Kier alpha value is -1.47. The lowest BCUT2D eigenvalue weighted by Crippen LogP contribution is -2.34. The van der Waals surface area contributed by atoms with Gasteiger partial charge in [0.2, 0.25) is 0 Å². The van der Waals surface area contributed by atoms with Crippen LogP contribution in [0.15, 0.2) is 23.5 Å². The van der Waals surface area contributed by atoms with Crippen molar-refractivity contribution in [1.82, 2.24) is 15.0 Å². The monoisotopic (exact) mass is 252 g/mol. The van der Waals surface area contributed by atoms with Gasteiger partial charge in [0.05, 0.1) is 7.11 Å². The van der Waals surface area contributed by atoms with Gasteiger partial charge in [0.15, 0.2) is 5.82 Å². The van der Waals surface area contributed by atoms with E-state index in [2.05, 4.69) is 15.0 Å². The maximum atomic E-state index is 11.8. The zero-order valence-electron chi connectivity index (χ0n) is 9.53. The van der Waals surface area contributed by atoms with E-state index in [-0.39, 0.29) is 5.91 Å². The molecule has 2 rings (SSSR count). The maximum Gasteiger partial charge on any atom is 0.271 e. The largest absolute Gasteiger partial charge is 0.274 e. The second-order valence-electron chi connectivity index (χ2n) is 3.35. The van der Waals surface area contributed by atoms with Gasteiger partial charge < -0.3 is 0 Å². The van der Waals surface area contributed by atoms with Crippen LogP contribution >= 0.6 is 11.8 Å². The van der Waals surface area contributed by atoms with Crippen LogP contribution < -0.4 is 0 Å². The Morgan fingerprint density at radius 3 is 2.88 bits per heavy atom. The summed E-state index contributed by atoms with van der Waals surface area (Å²) in [6, 6.07) is 1.33. The van der Waals surface area contributed by atoms with E-state index in [1.165, 1.54) is 23.9 Å². The van der Waals surface area contributed by atoms with E-state index < -0.39 is 6.04 Å². The number of aromatic nitrogens is 2. The van der Waals surface area contributed by atoms with Crippen molar-refractivity contribution in [2.45, 2.75) is 6.04 Å². The third-order valence-electron chi connectivity index (χ3n) is 2.28. The molecule has 1 amide bonds. The van der Waals surface area contributed by atoms with Gasteiger partial charge in [-0.25, -0.2) is 15.0 Å². The Morgan fingerprint density at radius 1 is 1.53 bits per heavy atom. The SMILES string of the molecule is CON(C)C(=O)[C@@H]1CSC(c2ncccn2)=N1. The fourth-order valence-electron chi connectivity index (χ4n) is 1.33. The van der Waals surface area contributed by atoms with Crippen LogP contribution in [0.5, 0.6) is 0 Å². The Kier molecular flexibility index (Phi) is 3.70. The van der Waals surface area contributed by atoms with E-state index in [1.807, 2.05) is 0 Å². The van der Waals surface area contributed by atoms with Gasteiger partial charge in [-0.3, -0.25) is 14.6 Å². The van der Waals surface area contributed by atoms with Crippen LogP contribution in [0, 0.1) is 0 Å². The molecular formula is C10H12N4O2S. The van der Waals surface area contributed by atoms with Gasteiger partial charge in [0.1, 0.15) is 11.1 Å². The van der Waals surface area contributed by atoms with Gasteiger partial charge in [-0.05, 0) is 6.07 Å². The molecule has 7 heteroatoms. The summed E-state index contributed by atoms with van der Waals surface area (Å²) in [4.78, 5) is 29.1. The summed E-state index contributed by atoms with van der Waals surface area (Å²) in [5, 5.41) is 1.89. The van der Waals surface area contributed by atoms with Gasteiger partial charge in [-0.15, -0.1) is 11.8 Å². The van der Waals surface area contributed by atoms with Crippen molar-refractivity contribution >= 4 is 22.7 Å². The van der Waals surface area contributed by atoms with Crippen LogP contribution in [0.2, 0.25) is 0 Å². The molecule has 2 heterocycles. The average Bonchev–Trinajstić information content (AvgIpc) is 2.87. The number of nitrogens with zero attached hydrogens (tertiary/aromatic N) is 4. The molecule has 17 heavy (non-hydrogen) atoms. The summed E-state index contributed by atoms with van der Waals surface area (Å²) in [7, 11) is 3.02. The number of carbonyl (C=O) groups excluding carboxylic acids is 1. The maximum absolute atomic E-state index is 11.8. The van der Waals surface area contributed by atoms with Crippen molar-refractivity contribution < 1.29 is 9.63 Å². The molecule has 0 fully saturated rings. The molecule has 0 spiro atoms. The smallest absolute Gasteiger partial charge is 0.271 e. The second-order valence-corrected chi connectivity index (χ2v) is 4.36. The quantitative estimate of drug-likeness (QED) is 0.726. The minimum absolute atomic E-state index is 0.161. The van der Waals surface area contributed by atoms with E-state index in [9.17, 15) is 4.79 Å². The number of likely N-dealkylation sites (N-methyl/N-ethyl adjacent to an activating group) is 1. The number of hydroxylamine groups is 2. The van der Waals surface area contributed by atoms with Crippen molar-refractivity contribution in [3.63, 3.8) is 0 Å². The highest BCUT2D eigenvalue weighted by molar-refractivity contribution is 8.14. The molecule has 0 saturated heterocycles. The Bertz CT molecular complexity index is 437. The molecule has 0 N–H and O–H groups in total. The molecule has 0 saturated carbocycles. The number of carbonyl (C=O) groups is 1. The van der Waals surface area contributed by atoms with Crippen LogP contribution in [0.3, 0.4) is 0 Å². The number of hydrogen-bond donors (Lipinski definition) is 0. The molecule has 0 unspecified atom stereocenters. The lowest BCUT2D eigenvalue weighted by molar-refractivity contribution is -0.169. The first kappa shape index (κ1) is 12.0. The average molecular weight is 252 g/mol. The predicted molar refractivity (Wildman–Crippen MR) is 64.6 cm³/mol. The van der Waals surface area contributed by atoms with Crippen LogP contribution in [0.4, 0.5) is 0 Å². The normalized spacial score (nSPS) is 18.9. The van der Waals surface area contributed by atoms with Crippen molar-refractivity contribution in [1.29, 1.82) is 0 Å². The van der Waals surface area contributed by atoms with Crippen LogP contribution in [-0.2, 0) is 9.63 Å². The first-order chi connectivity index (χ1) is 8.22. The molecule has 0 radical (unpaired) electrons. The molecule has 1 aromatic heterocycles. The minimum atomic E-state index is -0.413. The van der Waals surface area contributed by atoms with E-state index in [0.29, 0.717) is 16.6 Å². The summed E-state index contributed by atoms with van der Waals surface area (Å²) < 4.78 is 0. The summed E-state index contributed by atoms with van der Waals surface area (Å²) in [6.45, 7) is 0. The van der Waals surface area contributed by atoms with Crippen molar-refractivity contribution in [3.05, 3.63) is 24.3 Å². The van der Waals surface area contributed by atoms with Crippen molar-refractivity contribution in [2.24, 2.45) is 4.99 Å². The van der Waals surface area contributed by atoms with E-state index in [4.69, 9.17) is 4.84 Å². The molecule has 1 aliphatic heterocycles. The molecule has 1 aromatic rings. The first-order valence-corrected chi connectivity index (χ1v) is 6.00. The predicted octanol–water partition coefficient (Wildman–Crippen LogP) is 0.358. The molecule has 0 bridgehead atoms. The molecule has 6 nitrogen and oxygen atoms in total. The molecule has 0 aromatic carbocycles.